The second kappa shape index (κ2) is 7.36. The Labute approximate surface area is 164 Å². The second-order valence-corrected chi connectivity index (χ2v) is 7.54. The van der Waals surface area contributed by atoms with Crippen LogP contribution in [0.5, 0.6) is 5.75 Å². The molecule has 0 saturated carbocycles. The van der Waals surface area contributed by atoms with Crippen LogP contribution in [-0.2, 0) is 11.0 Å². The van der Waals surface area contributed by atoms with Crippen molar-refractivity contribution < 1.29 is 5.11 Å². The normalized spacial score (nSPS) is 10.9. The molecule has 3 aromatic rings. The number of aromatic hydroxyl groups is 1. The number of fused-ring (bicyclic) bond motifs is 1. The molecule has 0 unspecified atom stereocenters. The molecule has 3 rings (SSSR count). The Balaban J connectivity index is 1.84. The van der Waals surface area contributed by atoms with Crippen molar-refractivity contribution in [3.8, 4) is 5.75 Å². The molecule has 0 aliphatic rings. The van der Waals surface area contributed by atoms with Crippen LogP contribution in [0.15, 0.2) is 51.4 Å². The summed E-state index contributed by atoms with van der Waals surface area (Å²) in [6.07, 6.45) is 0. The van der Waals surface area contributed by atoms with E-state index < -0.39 is 0 Å². The van der Waals surface area contributed by atoms with Gasteiger partial charge in [0.2, 0.25) is 0 Å². The highest BCUT2D eigenvalue weighted by Crippen LogP contribution is 2.36. The Kier molecular flexibility index (Phi) is 5.43. The van der Waals surface area contributed by atoms with Gasteiger partial charge >= 0.3 is 0 Å². The zero-order valence-corrected chi connectivity index (χ0v) is 17.3. The van der Waals surface area contributed by atoms with Gasteiger partial charge in [0.1, 0.15) is 5.52 Å². The van der Waals surface area contributed by atoms with Gasteiger partial charge in [-0.2, -0.15) is 0 Å². The fraction of sp³-hybridized carbons (Fsp3) is 0.118. The van der Waals surface area contributed by atoms with Crippen molar-refractivity contribution >= 4 is 71.0 Å². The molecule has 0 fully saturated rings. The van der Waals surface area contributed by atoms with E-state index in [9.17, 15) is 5.11 Å². The summed E-state index contributed by atoms with van der Waals surface area (Å²) in [6, 6.07) is 14.1. The molecule has 0 aliphatic heterocycles. The van der Waals surface area contributed by atoms with E-state index in [0.29, 0.717) is 16.5 Å². The number of hydrogen-bond donors (Lipinski definition) is 2. The van der Waals surface area contributed by atoms with Gasteiger partial charge in [-0.3, -0.25) is 0 Å². The molecule has 0 spiro atoms. The Morgan fingerprint density at radius 1 is 1.04 bits per heavy atom. The van der Waals surface area contributed by atoms with E-state index in [0.717, 1.165) is 25.7 Å². The number of halogens is 3. The third-order valence-corrected chi connectivity index (χ3v) is 5.64. The minimum Gasteiger partial charge on any atom is -0.505 e. The van der Waals surface area contributed by atoms with Crippen LogP contribution < -0.4 is 5.32 Å². The van der Waals surface area contributed by atoms with Crippen molar-refractivity contribution in [1.82, 2.24) is 4.98 Å². The first-order chi connectivity index (χ1) is 11.1. The number of nitrogens with zero attached hydrogens (tertiary/aromatic N) is 1. The van der Waals surface area contributed by atoms with Crippen LogP contribution in [0.3, 0.4) is 0 Å². The van der Waals surface area contributed by atoms with Crippen molar-refractivity contribution in [1.29, 1.82) is 0 Å². The van der Waals surface area contributed by atoms with Crippen molar-refractivity contribution in [2.75, 3.05) is 5.32 Å². The molecule has 2 N–H and O–H groups in total. The smallest absolute Gasteiger partial charge is 0.156 e. The van der Waals surface area contributed by atoms with Gasteiger partial charge in [0.05, 0.1) is 16.7 Å². The highest BCUT2D eigenvalue weighted by atomic mass is 127. The SMILES string of the molecule is Oc1c(Br)cc(Br)c2ccc(CNc3ccc(CI)cc3)nc12. The van der Waals surface area contributed by atoms with Crippen LogP contribution in [0.4, 0.5) is 5.69 Å². The fourth-order valence-corrected chi connectivity index (χ4v) is 4.03. The third kappa shape index (κ3) is 3.80. The molecule has 0 radical (unpaired) electrons. The number of hydrogen-bond acceptors (Lipinski definition) is 3. The Morgan fingerprint density at radius 3 is 2.48 bits per heavy atom. The molecule has 118 valence electrons. The van der Waals surface area contributed by atoms with E-state index in [4.69, 9.17) is 0 Å². The van der Waals surface area contributed by atoms with Crippen LogP contribution in [0.2, 0.25) is 0 Å². The molecular formula is C17H13Br2IN2O. The first kappa shape index (κ1) is 17.0. The summed E-state index contributed by atoms with van der Waals surface area (Å²) in [5.41, 5.74) is 3.82. The van der Waals surface area contributed by atoms with Gasteiger partial charge < -0.3 is 10.4 Å². The number of rotatable bonds is 4. The third-order valence-electron chi connectivity index (χ3n) is 3.50. The van der Waals surface area contributed by atoms with Gasteiger partial charge in [-0.05, 0) is 51.8 Å². The summed E-state index contributed by atoms with van der Waals surface area (Å²) in [4.78, 5) is 4.57. The summed E-state index contributed by atoms with van der Waals surface area (Å²) >= 11 is 9.19. The molecule has 0 atom stereocenters. The van der Waals surface area contributed by atoms with E-state index >= 15 is 0 Å². The number of benzene rings is 2. The standard InChI is InChI=1S/C17H13Br2IN2O/c18-14-7-15(19)17(23)16-13(14)6-5-12(22-16)9-21-11-3-1-10(8-20)2-4-11/h1-7,21,23H,8-9H2. The second-order valence-electron chi connectivity index (χ2n) is 5.07. The molecule has 23 heavy (non-hydrogen) atoms. The average Bonchev–Trinajstić information content (AvgIpc) is 2.58. The first-order valence-electron chi connectivity index (χ1n) is 6.94. The molecule has 2 aromatic carbocycles. The number of phenolic OH excluding ortho intramolecular Hbond substituents is 1. The minimum absolute atomic E-state index is 0.163. The predicted octanol–water partition coefficient (Wildman–Crippen LogP) is 6.01. The number of nitrogens with one attached hydrogen (secondary N) is 1. The summed E-state index contributed by atoms with van der Waals surface area (Å²) in [7, 11) is 0. The Morgan fingerprint density at radius 2 is 1.78 bits per heavy atom. The molecule has 0 amide bonds. The zero-order valence-electron chi connectivity index (χ0n) is 12.0. The topological polar surface area (TPSA) is 45.1 Å². The molecule has 0 bridgehead atoms. The Bertz CT molecular complexity index is 853. The van der Waals surface area contributed by atoms with E-state index in [1.54, 1.807) is 0 Å². The summed E-state index contributed by atoms with van der Waals surface area (Å²) in [6.45, 7) is 0.600. The van der Waals surface area contributed by atoms with Gasteiger partial charge in [0, 0.05) is 20.0 Å². The number of alkyl halides is 1. The average molecular weight is 548 g/mol. The van der Waals surface area contributed by atoms with Gasteiger partial charge in [-0.1, -0.05) is 50.7 Å². The van der Waals surface area contributed by atoms with E-state index in [2.05, 4.69) is 89.0 Å². The van der Waals surface area contributed by atoms with E-state index in [-0.39, 0.29) is 5.75 Å². The Hall–Kier alpha value is -0.860. The molecular weight excluding hydrogens is 535 g/mol. The van der Waals surface area contributed by atoms with Crippen LogP contribution in [0.25, 0.3) is 10.9 Å². The number of anilines is 1. The van der Waals surface area contributed by atoms with E-state index in [1.807, 2.05) is 18.2 Å². The maximum Gasteiger partial charge on any atom is 0.156 e. The zero-order chi connectivity index (χ0) is 16.4. The van der Waals surface area contributed by atoms with Gasteiger partial charge in [-0.25, -0.2) is 4.98 Å². The molecule has 3 nitrogen and oxygen atoms in total. The highest BCUT2D eigenvalue weighted by molar-refractivity contribution is 14.1. The lowest BCUT2D eigenvalue weighted by molar-refractivity contribution is 0.477. The van der Waals surface area contributed by atoms with Crippen molar-refractivity contribution in [2.45, 2.75) is 11.0 Å². The number of phenols is 1. The lowest BCUT2D eigenvalue weighted by Gasteiger charge is -2.10. The molecule has 6 heteroatoms. The van der Waals surface area contributed by atoms with E-state index in [1.165, 1.54) is 5.56 Å². The van der Waals surface area contributed by atoms with Gasteiger partial charge in [0.25, 0.3) is 0 Å². The monoisotopic (exact) mass is 546 g/mol. The maximum absolute atomic E-state index is 10.2. The van der Waals surface area contributed by atoms with Gasteiger partial charge in [0.15, 0.2) is 5.75 Å². The summed E-state index contributed by atoms with van der Waals surface area (Å²) < 4.78 is 2.54. The maximum atomic E-state index is 10.2. The fourth-order valence-electron chi connectivity index (χ4n) is 2.25. The molecule has 0 aliphatic carbocycles. The molecule has 0 saturated heterocycles. The van der Waals surface area contributed by atoms with Crippen molar-refractivity contribution in [3.05, 3.63) is 62.7 Å². The van der Waals surface area contributed by atoms with Crippen LogP contribution in [0.1, 0.15) is 11.3 Å². The molecule has 1 heterocycles. The quantitative estimate of drug-likeness (QED) is 0.310. The molecule has 1 aromatic heterocycles. The summed E-state index contributed by atoms with van der Waals surface area (Å²) in [5.74, 6) is 0.163. The first-order valence-corrected chi connectivity index (χ1v) is 10.0. The minimum atomic E-state index is 0.163. The number of aromatic nitrogens is 1. The predicted molar refractivity (Wildman–Crippen MR) is 110 cm³/mol. The van der Waals surface area contributed by atoms with Crippen molar-refractivity contribution in [2.24, 2.45) is 0 Å². The van der Waals surface area contributed by atoms with Crippen LogP contribution >= 0.6 is 54.5 Å². The largest absolute Gasteiger partial charge is 0.505 e. The van der Waals surface area contributed by atoms with Crippen LogP contribution in [-0.4, -0.2) is 10.1 Å². The van der Waals surface area contributed by atoms with Crippen molar-refractivity contribution in [3.63, 3.8) is 0 Å². The van der Waals surface area contributed by atoms with Crippen LogP contribution in [0, 0.1) is 0 Å². The summed E-state index contributed by atoms with van der Waals surface area (Å²) in [5, 5.41) is 14.4. The highest BCUT2D eigenvalue weighted by Gasteiger charge is 2.10. The lowest BCUT2D eigenvalue weighted by atomic mass is 10.2. The number of pyridine rings is 1. The van der Waals surface area contributed by atoms with Gasteiger partial charge in [-0.15, -0.1) is 0 Å². The lowest BCUT2D eigenvalue weighted by Crippen LogP contribution is -2.02.